The smallest absolute Gasteiger partial charge is 0.302 e. The molecule has 0 heterocycles. The van der Waals surface area contributed by atoms with E-state index in [1.165, 1.54) is 6.92 Å². The molecular weight excluding hydrogens is 316 g/mol. The lowest BCUT2D eigenvalue weighted by molar-refractivity contribution is -0.143. The molecule has 0 bridgehead atoms. The summed E-state index contributed by atoms with van der Waals surface area (Å²) in [5, 5.41) is 0.682. The highest BCUT2D eigenvalue weighted by Crippen LogP contribution is 2.18. The number of rotatable bonds is 7. The summed E-state index contributed by atoms with van der Waals surface area (Å²) in [4.78, 5) is 10.8. The molecule has 0 spiro atoms. The van der Waals surface area contributed by atoms with E-state index in [1.54, 1.807) is 12.1 Å². The van der Waals surface area contributed by atoms with Crippen LogP contribution in [0.25, 0.3) is 0 Å². The van der Waals surface area contributed by atoms with Crippen molar-refractivity contribution in [1.82, 2.24) is 0 Å². The normalized spacial score (nSPS) is 11.6. The quantitative estimate of drug-likeness (QED) is 0.710. The van der Waals surface area contributed by atoms with Crippen molar-refractivity contribution in [2.45, 2.75) is 26.6 Å². The van der Waals surface area contributed by atoms with Crippen LogP contribution in [0.1, 0.15) is 19.4 Å². The standard InChI is InChI=1S/C18H19ClO4/c1-13(11-21-14(2)20)23-18-7-3-15(4-8-18)12-22-17-9-5-16(19)6-10-17/h3-10,13H,11-12H2,1-2H3. The Balaban J connectivity index is 1.82. The molecule has 2 rings (SSSR count). The minimum Gasteiger partial charge on any atom is -0.489 e. The monoisotopic (exact) mass is 334 g/mol. The van der Waals surface area contributed by atoms with Crippen molar-refractivity contribution < 1.29 is 19.0 Å². The first-order valence-electron chi connectivity index (χ1n) is 7.30. The Labute approximate surface area is 140 Å². The number of halogens is 1. The van der Waals surface area contributed by atoms with Gasteiger partial charge in [0, 0.05) is 11.9 Å². The molecule has 0 fully saturated rings. The Morgan fingerprint density at radius 2 is 1.65 bits per heavy atom. The first-order chi connectivity index (χ1) is 11.0. The van der Waals surface area contributed by atoms with Crippen LogP contribution in [0, 0.1) is 0 Å². The van der Waals surface area contributed by atoms with Gasteiger partial charge in [-0.2, -0.15) is 0 Å². The second-order valence-corrected chi connectivity index (χ2v) is 5.55. The summed E-state index contributed by atoms with van der Waals surface area (Å²) >= 11 is 5.83. The number of esters is 1. The van der Waals surface area contributed by atoms with Gasteiger partial charge in [-0.25, -0.2) is 0 Å². The molecule has 0 radical (unpaired) electrons. The molecule has 2 aromatic rings. The number of hydrogen-bond donors (Lipinski definition) is 0. The SMILES string of the molecule is CC(=O)OCC(C)Oc1ccc(COc2ccc(Cl)cc2)cc1. The fourth-order valence-electron chi connectivity index (χ4n) is 1.86. The molecule has 2 aromatic carbocycles. The second kappa shape index (κ2) is 8.44. The summed E-state index contributed by atoms with van der Waals surface area (Å²) in [6.07, 6.45) is -0.199. The molecule has 0 saturated heterocycles. The van der Waals surface area contributed by atoms with Crippen molar-refractivity contribution >= 4 is 17.6 Å². The molecule has 0 saturated carbocycles. The lowest BCUT2D eigenvalue weighted by Gasteiger charge is -2.14. The summed E-state index contributed by atoms with van der Waals surface area (Å²) in [7, 11) is 0. The van der Waals surface area contributed by atoms with E-state index in [4.69, 9.17) is 25.8 Å². The van der Waals surface area contributed by atoms with Crippen molar-refractivity contribution in [3.63, 3.8) is 0 Å². The zero-order valence-electron chi connectivity index (χ0n) is 13.1. The largest absolute Gasteiger partial charge is 0.489 e. The van der Waals surface area contributed by atoms with Crippen molar-refractivity contribution in [2.75, 3.05) is 6.61 Å². The highest BCUT2D eigenvalue weighted by atomic mass is 35.5. The van der Waals surface area contributed by atoms with Gasteiger partial charge in [-0.05, 0) is 48.9 Å². The maximum Gasteiger partial charge on any atom is 0.302 e. The molecule has 23 heavy (non-hydrogen) atoms. The highest BCUT2D eigenvalue weighted by molar-refractivity contribution is 6.30. The number of ether oxygens (including phenoxy) is 3. The zero-order valence-corrected chi connectivity index (χ0v) is 13.9. The zero-order chi connectivity index (χ0) is 16.7. The first kappa shape index (κ1) is 17.2. The fourth-order valence-corrected chi connectivity index (χ4v) is 1.99. The predicted octanol–water partition coefficient (Wildman–Crippen LogP) is 4.25. The summed E-state index contributed by atoms with van der Waals surface area (Å²) in [5.74, 6) is 1.18. The minimum absolute atomic E-state index is 0.199. The van der Waals surface area contributed by atoms with Crippen LogP contribution in [-0.2, 0) is 16.1 Å². The van der Waals surface area contributed by atoms with E-state index >= 15 is 0 Å². The molecular formula is C18H19ClO4. The number of hydrogen-bond acceptors (Lipinski definition) is 4. The molecule has 0 aliphatic rings. The predicted molar refractivity (Wildman–Crippen MR) is 88.9 cm³/mol. The van der Waals surface area contributed by atoms with Crippen molar-refractivity contribution in [3.8, 4) is 11.5 Å². The molecule has 5 heteroatoms. The van der Waals surface area contributed by atoms with Crippen LogP contribution >= 0.6 is 11.6 Å². The molecule has 4 nitrogen and oxygen atoms in total. The van der Waals surface area contributed by atoms with E-state index in [2.05, 4.69) is 0 Å². The molecule has 0 N–H and O–H groups in total. The molecule has 0 aliphatic carbocycles. The van der Waals surface area contributed by atoms with E-state index in [0.717, 1.165) is 17.1 Å². The van der Waals surface area contributed by atoms with Crippen LogP contribution in [-0.4, -0.2) is 18.7 Å². The van der Waals surface area contributed by atoms with Crippen LogP contribution in [0.2, 0.25) is 5.02 Å². The summed E-state index contributed by atoms with van der Waals surface area (Å²) in [5.41, 5.74) is 1.03. The van der Waals surface area contributed by atoms with Gasteiger partial charge in [-0.3, -0.25) is 4.79 Å². The van der Waals surface area contributed by atoms with Gasteiger partial charge >= 0.3 is 5.97 Å². The van der Waals surface area contributed by atoms with E-state index in [9.17, 15) is 4.79 Å². The van der Waals surface area contributed by atoms with Crippen LogP contribution in [0.5, 0.6) is 11.5 Å². The van der Waals surface area contributed by atoms with Gasteiger partial charge in [0.1, 0.15) is 30.8 Å². The van der Waals surface area contributed by atoms with Crippen LogP contribution in [0.4, 0.5) is 0 Å². The highest BCUT2D eigenvalue weighted by Gasteiger charge is 2.06. The first-order valence-corrected chi connectivity index (χ1v) is 7.68. The summed E-state index contributed by atoms with van der Waals surface area (Å²) in [6.45, 7) is 3.92. The van der Waals surface area contributed by atoms with Gasteiger partial charge in [-0.15, -0.1) is 0 Å². The van der Waals surface area contributed by atoms with E-state index < -0.39 is 0 Å². The molecule has 0 amide bonds. The number of benzene rings is 2. The maximum atomic E-state index is 10.8. The topological polar surface area (TPSA) is 44.8 Å². The maximum absolute atomic E-state index is 10.8. The van der Waals surface area contributed by atoms with Crippen molar-refractivity contribution in [2.24, 2.45) is 0 Å². The molecule has 0 aromatic heterocycles. The Morgan fingerprint density at radius 1 is 1.04 bits per heavy atom. The minimum atomic E-state index is -0.310. The van der Waals surface area contributed by atoms with E-state index in [1.807, 2.05) is 43.3 Å². The summed E-state index contributed by atoms with van der Waals surface area (Å²) in [6, 6.07) is 14.8. The Hall–Kier alpha value is -2.20. The lowest BCUT2D eigenvalue weighted by Crippen LogP contribution is -2.20. The average molecular weight is 335 g/mol. The molecule has 1 atom stereocenters. The van der Waals surface area contributed by atoms with Gasteiger partial charge < -0.3 is 14.2 Å². The Bertz CT molecular complexity index is 622. The van der Waals surface area contributed by atoms with Gasteiger partial charge in [0.05, 0.1) is 0 Å². The van der Waals surface area contributed by atoms with Gasteiger partial charge in [-0.1, -0.05) is 23.7 Å². The van der Waals surface area contributed by atoms with Gasteiger partial charge in [0.25, 0.3) is 0 Å². The van der Waals surface area contributed by atoms with Crippen molar-refractivity contribution in [3.05, 3.63) is 59.1 Å². The van der Waals surface area contributed by atoms with E-state index in [0.29, 0.717) is 11.6 Å². The second-order valence-electron chi connectivity index (χ2n) is 5.12. The van der Waals surface area contributed by atoms with Crippen LogP contribution in [0.3, 0.4) is 0 Å². The fraction of sp³-hybridized carbons (Fsp3) is 0.278. The molecule has 122 valence electrons. The van der Waals surface area contributed by atoms with Gasteiger partial charge in [0.15, 0.2) is 0 Å². The third-order valence-electron chi connectivity index (χ3n) is 3.00. The molecule has 1 unspecified atom stereocenters. The summed E-state index contributed by atoms with van der Waals surface area (Å²) < 4.78 is 16.2. The average Bonchev–Trinajstić information content (AvgIpc) is 2.54. The number of carbonyl (C=O) groups excluding carboxylic acids is 1. The van der Waals surface area contributed by atoms with Crippen molar-refractivity contribution in [1.29, 1.82) is 0 Å². The Morgan fingerprint density at radius 3 is 2.26 bits per heavy atom. The van der Waals surface area contributed by atoms with Gasteiger partial charge in [0.2, 0.25) is 0 Å². The third kappa shape index (κ3) is 6.20. The number of carbonyl (C=O) groups is 1. The lowest BCUT2D eigenvalue weighted by atomic mass is 10.2. The van der Waals surface area contributed by atoms with E-state index in [-0.39, 0.29) is 18.7 Å². The third-order valence-corrected chi connectivity index (χ3v) is 3.25. The Kier molecular flexibility index (Phi) is 6.29. The molecule has 0 aliphatic heterocycles. The van der Waals surface area contributed by atoms with Crippen LogP contribution in [0.15, 0.2) is 48.5 Å². The van der Waals surface area contributed by atoms with Crippen LogP contribution < -0.4 is 9.47 Å².